The molecule has 0 saturated carbocycles. The van der Waals surface area contributed by atoms with Gasteiger partial charge in [0, 0.05) is 25.4 Å². The van der Waals surface area contributed by atoms with Gasteiger partial charge in [-0.15, -0.1) is 0 Å². The molecule has 0 amide bonds. The number of nitrogens with one attached hydrogen (secondary N) is 1. The average molecular weight is 296 g/mol. The zero-order chi connectivity index (χ0) is 14.6. The first-order chi connectivity index (χ1) is 9.52. The van der Waals surface area contributed by atoms with Gasteiger partial charge in [0.1, 0.15) is 0 Å². The number of likely N-dealkylation sites (N-methyl/N-ethyl adjacent to an activating group) is 1. The fourth-order valence-corrected chi connectivity index (χ4v) is 3.68. The molecule has 1 aliphatic heterocycles. The van der Waals surface area contributed by atoms with Gasteiger partial charge >= 0.3 is 0 Å². The lowest BCUT2D eigenvalue weighted by Gasteiger charge is -2.32. The highest BCUT2D eigenvalue weighted by Crippen LogP contribution is 2.25. The maximum absolute atomic E-state index is 11.9. The lowest BCUT2D eigenvalue weighted by Crippen LogP contribution is -2.44. The molecule has 0 spiro atoms. The van der Waals surface area contributed by atoms with E-state index in [0.29, 0.717) is 10.9 Å². The molecule has 4 nitrogen and oxygen atoms in total. The topological polar surface area (TPSA) is 49.4 Å². The van der Waals surface area contributed by atoms with Crippen molar-refractivity contribution in [1.29, 1.82) is 0 Å². The normalized spacial score (nSPS) is 19.8. The second-order valence-corrected chi connectivity index (χ2v) is 7.41. The van der Waals surface area contributed by atoms with E-state index in [1.807, 2.05) is 12.1 Å². The highest BCUT2D eigenvalue weighted by Gasteiger charge is 2.20. The summed E-state index contributed by atoms with van der Waals surface area (Å²) < 4.78 is 23.8. The summed E-state index contributed by atoms with van der Waals surface area (Å²) in [6.07, 6.45) is 4.93. The molecular formula is C15H24N2O2S. The number of para-hydroxylation sites is 1. The fourth-order valence-electron chi connectivity index (χ4n) is 2.78. The van der Waals surface area contributed by atoms with E-state index < -0.39 is 9.84 Å². The summed E-state index contributed by atoms with van der Waals surface area (Å²) in [6.45, 7) is 4.81. The van der Waals surface area contributed by atoms with Crippen LogP contribution in [-0.4, -0.2) is 40.3 Å². The van der Waals surface area contributed by atoms with E-state index in [4.69, 9.17) is 0 Å². The Labute approximate surface area is 122 Å². The van der Waals surface area contributed by atoms with Crippen LogP contribution in [-0.2, 0) is 9.84 Å². The Kier molecular flexibility index (Phi) is 5.05. The van der Waals surface area contributed by atoms with Crippen molar-refractivity contribution in [3.63, 3.8) is 0 Å². The molecule has 0 aromatic heterocycles. The zero-order valence-corrected chi connectivity index (χ0v) is 13.1. The lowest BCUT2D eigenvalue weighted by molar-refractivity contribution is 0.400. The molecule has 0 aliphatic carbocycles. The Morgan fingerprint density at radius 1 is 1.30 bits per heavy atom. The van der Waals surface area contributed by atoms with E-state index in [2.05, 4.69) is 17.1 Å². The van der Waals surface area contributed by atoms with E-state index >= 15 is 0 Å². The van der Waals surface area contributed by atoms with Gasteiger partial charge in [0.25, 0.3) is 0 Å². The highest BCUT2D eigenvalue weighted by atomic mass is 32.2. The van der Waals surface area contributed by atoms with Gasteiger partial charge in [0.2, 0.25) is 0 Å². The minimum atomic E-state index is -3.19. The summed E-state index contributed by atoms with van der Waals surface area (Å²) in [6, 6.07) is 7.74. The number of piperidine rings is 1. The molecule has 0 radical (unpaired) electrons. The number of sulfone groups is 1. The van der Waals surface area contributed by atoms with E-state index in [1.54, 1.807) is 12.1 Å². The molecule has 1 aromatic carbocycles. The fraction of sp³-hybridized carbons (Fsp3) is 0.600. The van der Waals surface area contributed by atoms with Crippen LogP contribution in [0.1, 0.15) is 26.2 Å². The van der Waals surface area contributed by atoms with Crippen LogP contribution in [0, 0.1) is 0 Å². The summed E-state index contributed by atoms with van der Waals surface area (Å²) >= 11 is 0. The van der Waals surface area contributed by atoms with Crippen LogP contribution < -0.4 is 10.2 Å². The van der Waals surface area contributed by atoms with E-state index in [-0.39, 0.29) is 0 Å². The number of rotatable bonds is 5. The highest BCUT2D eigenvalue weighted by molar-refractivity contribution is 7.90. The summed E-state index contributed by atoms with van der Waals surface area (Å²) in [5, 5.41) is 3.52. The van der Waals surface area contributed by atoms with Crippen LogP contribution in [0.5, 0.6) is 0 Å². The minimum Gasteiger partial charge on any atom is -0.369 e. The Hall–Kier alpha value is -1.07. The van der Waals surface area contributed by atoms with Gasteiger partial charge in [0.15, 0.2) is 9.84 Å². The molecule has 0 bridgehead atoms. The van der Waals surface area contributed by atoms with Crippen molar-refractivity contribution in [3.8, 4) is 0 Å². The van der Waals surface area contributed by atoms with Crippen LogP contribution in [0.2, 0.25) is 0 Å². The van der Waals surface area contributed by atoms with Crippen molar-refractivity contribution in [2.45, 2.75) is 37.1 Å². The maximum Gasteiger partial charge on any atom is 0.177 e. The van der Waals surface area contributed by atoms with Gasteiger partial charge in [-0.2, -0.15) is 0 Å². The van der Waals surface area contributed by atoms with Crippen molar-refractivity contribution in [1.82, 2.24) is 5.32 Å². The van der Waals surface area contributed by atoms with Crippen molar-refractivity contribution >= 4 is 15.5 Å². The molecule has 5 heteroatoms. The summed E-state index contributed by atoms with van der Waals surface area (Å²) in [7, 11) is -3.19. The number of anilines is 1. The standard InChI is InChI=1S/C15H24N2O2S/c1-3-17(12-13-8-6-7-11-16-13)14-9-4-5-10-15(14)20(2,18)19/h4-5,9-10,13,16H,3,6-8,11-12H2,1-2H3. The van der Waals surface area contributed by atoms with Crippen molar-refractivity contribution < 1.29 is 8.42 Å². The van der Waals surface area contributed by atoms with Gasteiger partial charge in [-0.3, -0.25) is 0 Å². The monoisotopic (exact) mass is 296 g/mol. The second kappa shape index (κ2) is 6.59. The van der Waals surface area contributed by atoms with Gasteiger partial charge in [-0.25, -0.2) is 8.42 Å². The molecule has 1 atom stereocenters. The number of nitrogens with zero attached hydrogens (tertiary/aromatic N) is 1. The van der Waals surface area contributed by atoms with Crippen molar-refractivity contribution in [2.24, 2.45) is 0 Å². The third-order valence-corrected chi connectivity index (χ3v) is 4.98. The molecule has 1 heterocycles. The molecule has 20 heavy (non-hydrogen) atoms. The number of hydrogen-bond acceptors (Lipinski definition) is 4. The smallest absolute Gasteiger partial charge is 0.177 e. The summed E-state index contributed by atoms with van der Waals surface area (Å²) in [5.41, 5.74) is 0.824. The minimum absolute atomic E-state index is 0.428. The Morgan fingerprint density at radius 2 is 2.05 bits per heavy atom. The predicted molar refractivity (Wildman–Crippen MR) is 83.1 cm³/mol. The Morgan fingerprint density at radius 3 is 2.65 bits per heavy atom. The number of hydrogen-bond donors (Lipinski definition) is 1. The van der Waals surface area contributed by atoms with Crippen LogP contribution in [0.25, 0.3) is 0 Å². The summed E-state index contributed by atoms with van der Waals surface area (Å²) in [4.78, 5) is 2.59. The second-order valence-electron chi connectivity index (χ2n) is 5.43. The van der Waals surface area contributed by atoms with Crippen molar-refractivity contribution in [2.75, 3.05) is 30.8 Å². The summed E-state index contributed by atoms with van der Waals surface area (Å²) in [5.74, 6) is 0. The van der Waals surface area contributed by atoms with Gasteiger partial charge in [0.05, 0.1) is 10.6 Å². The molecule has 1 fully saturated rings. The lowest BCUT2D eigenvalue weighted by atomic mass is 10.0. The molecule has 1 aliphatic rings. The van der Waals surface area contributed by atoms with Crippen molar-refractivity contribution in [3.05, 3.63) is 24.3 Å². The SMILES string of the molecule is CCN(CC1CCCCN1)c1ccccc1S(C)(=O)=O. The van der Waals surface area contributed by atoms with Crippen LogP contribution in [0.4, 0.5) is 5.69 Å². The third kappa shape index (κ3) is 3.73. The Bertz CT molecular complexity index is 537. The van der Waals surface area contributed by atoms with E-state index in [9.17, 15) is 8.42 Å². The number of benzene rings is 1. The van der Waals surface area contributed by atoms with E-state index in [0.717, 1.165) is 31.7 Å². The predicted octanol–water partition coefficient (Wildman–Crippen LogP) is 2.06. The van der Waals surface area contributed by atoms with Gasteiger partial charge in [-0.1, -0.05) is 18.6 Å². The third-order valence-electron chi connectivity index (χ3n) is 3.84. The molecule has 1 aromatic rings. The van der Waals surface area contributed by atoms with Crippen LogP contribution in [0.3, 0.4) is 0 Å². The molecule has 112 valence electrons. The van der Waals surface area contributed by atoms with Crippen LogP contribution in [0.15, 0.2) is 29.2 Å². The molecule has 2 rings (SSSR count). The molecule has 1 saturated heterocycles. The van der Waals surface area contributed by atoms with Crippen LogP contribution >= 0.6 is 0 Å². The molecule has 1 N–H and O–H groups in total. The largest absolute Gasteiger partial charge is 0.369 e. The zero-order valence-electron chi connectivity index (χ0n) is 12.3. The first-order valence-corrected chi connectivity index (χ1v) is 9.19. The Balaban J connectivity index is 2.23. The first kappa shape index (κ1) is 15.3. The van der Waals surface area contributed by atoms with Gasteiger partial charge < -0.3 is 10.2 Å². The first-order valence-electron chi connectivity index (χ1n) is 7.29. The maximum atomic E-state index is 11.9. The molecule has 1 unspecified atom stereocenters. The quantitative estimate of drug-likeness (QED) is 0.903. The van der Waals surface area contributed by atoms with Gasteiger partial charge in [-0.05, 0) is 38.4 Å². The molecular weight excluding hydrogens is 272 g/mol. The van der Waals surface area contributed by atoms with E-state index in [1.165, 1.54) is 19.1 Å². The average Bonchev–Trinajstić information content (AvgIpc) is 2.45.